The first-order valence-corrected chi connectivity index (χ1v) is 15.6. The zero-order valence-corrected chi connectivity index (χ0v) is 22.2. The Bertz CT molecular complexity index is 1440. The quantitative estimate of drug-likeness (QED) is 0.227. The lowest BCUT2D eigenvalue weighted by atomic mass is 10.1. The van der Waals surface area contributed by atoms with Crippen LogP contribution in [0.1, 0.15) is 0 Å². The maximum atomic E-state index is 7.37. The fourth-order valence-corrected chi connectivity index (χ4v) is 8.65. The Morgan fingerprint density at radius 1 is 0.528 bits per heavy atom. The number of para-hydroxylation sites is 4. The molecular formula is C32H27ClN2Si. The van der Waals surface area contributed by atoms with Crippen LogP contribution in [-0.4, -0.2) is 8.07 Å². The third-order valence-electron chi connectivity index (χ3n) is 7.11. The van der Waals surface area contributed by atoms with Crippen molar-refractivity contribution in [3.05, 3.63) is 132 Å². The van der Waals surface area contributed by atoms with Crippen LogP contribution in [0, 0.1) is 0 Å². The molecule has 0 spiro atoms. The van der Waals surface area contributed by atoms with Crippen LogP contribution in [0.3, 0.4) is 0 Å². The van der Waals surface area contributed by atoms with Crippen molar-refractivity contribution in [2.45, 2.75) is 13.1 Å². The van der Waals surface area contributed by atoms with Gasteiger partial charge in [0.25, 0.3) is 0 Å². The maximum absolute atomic E-state index is 7.37. The molecule has 0 unspecified atom stereocenters. The molecule has 0 bridgehead atoms. The van der Waals surface area contributed by atoms with Crippen LogP contribution in [0.15, 0.2) is 127 Å². The summed E-state index contributed by atoms with van der Waals surface area (Å²) in [7, 11) is -1.86. The Kier molecular flexibility index (Phi) is 5.67. The third kappa shape index (κ3) is 3.63. The minimum absolute atomic E-state index is 0.719. The predicted molar refractivity (Wildman–Crippen MR) is 158 cm³/mol. The largest absolute Gasteiger partial charge is 0.309 e. The predicted octanol–water partition coefficient (Wildman–Crippen LogP) is 8.42. The lowest BCUT2D eigenvalue weighted by molar-refractivity contribution is 1.25. The lowest BCUT2D eigenvalue weighted by Crippen LogP contribution is -2.58. The minimum atomic E-state index is -1.86. The molecule has 4 heteroatoms. The molecule has 0 aromatic heterocycles. The smallest absolute Gasteiger partial charge is 0.117 e. The van der Waals surface area contributed by atoms with Crippen LogP contribution in [0.4, 0.5) is 34.1 Å². The average Bonchev–Trinajstić information content (AvgIpc) is 2.92. The monoisotopic (exact) mass is 502 g/mol. The molecule has 1 aliphatic rings. The highest BCUT2D eigenvalue weighted by Gasteiger charge is 2.38. The molecule has 0 N–H and O–H groups in total. The molecule has 0 aliphatic carbocycles. The van der Waals surface area contributed by atoms with E-state index in [1.54, 1.807) is 0 Å². The number of anilines is 6. The van der Waals surface area contributed by atoms with Crippen molar-refractivity contribution >= 4 is 64.2 Å². The number of nitrogens with zero attached hydrogens (tertiary/aromatic N) is 2. The number of hydrogen-bond acceptors (Lipinski definition) is 2. The van der Waals surface area contributed by atoms with E-state index in [4.69, 9.17) is 11.6 Å². The summed E-state index contributed by atoms with van der Waals surface area (Å²) in [6, 6.07) is 44.8. The van der Waals surface area contributed by atoms with Gasteiger partial charge in [-0.15, -0.1) is 0 Å². The van der Waals surface area contributed by atoms with Crippen LogP contribution in [0.25, 0.3) is 0 Å². The molecule has 176 valence electrons. The second-order valence-electron chi connectivity index (χ2n) is 9.61. The van der Waals surface area contributed by atoms with E-state index in [1.807, 2.05) is 12.1 Å². The van der Waals surface area contributed by atoms with Crippen LogP contribution in [0.5, 0.6) is 0 Å². The van der Waals surface area contributed by atoms with Crippen molar-refractivity contribution < 1.29 is 0 Å². The molecule has 5 aromatic carbocycles. The highest BCUT2D eigenvalue weighted by atomic mass is 35.5. The summed E-state index contributed by atoms with van der Waals surface area (Å²) in [5, 5.41) is 3.57. The number of benzene rings is 5. The van der Waals surface area contributed by atoms with E-state index in [0.717, 1.165) is 27.8 Å². The summed E-state index contributed by atoms with van der Waals surface area (Å²) in [6.07, 6.45) is 0. The minimum Gasteiger partial charge on any atom is -0.309 e. The first kappa shape index (κ1) is 22.7. The molecule has 0 radical (unpaired) electrons. The Morgan fingerprint density at radius 2 is 0.972 bits per heavy atom. The first-order valence-electron chi connectivity index (χ1n) is 12.3. The van der Waals surface area contributed by atoms with Crippen molar-refractivity contribution in [2.75, 3.05) is 9.80 Å². The van der Waals surface area contributed by atoms with Gasteiger partial charge in [0.05, 0.1) is 16.4 Å². The Balaban J connectivity index is 1.59. The Labute approximate surface area is 219 Å². The standard InChI is InChI=1S/C32H27ClN2Si/c1-36(2)30-22-11-9-18-26(30)35(27-19-10-12-23-31(27)36)29-21-13-20-28(32(29)33)34(24-14-5-3-6-15-24)25-16-7-4-8-17-25/h3-23H,1-2H3. The van der Waals surface area contributed by atoms with Gasteiger partial charge >= 0.3 is 0 Å². The van der Waals surface area contributed by atoms with Gasteiger partial charge in [-0.3, -0.25) is 0 Å². The van der Waals surface area contributed by atoms with Gasteiger partial charge in [-0.2, -0.15) is 0 Å². The molecule has 0 saturated carbocycles. The normalized spacial score (nSPS) is 13.6. The molecule has 1 heterocycles. The van der Waals surface area contributed by atoms with Gasteiger partial charge in [0.15, 0.2) is 0 Å². The number of hydrogen-bond donors (Lipinski definition) is 0. The topological polar surface area (TPSA) is 6.48 Å². The Morgan fingerprint density at radius 3 is 1.50 bits per heavy atom. The molecule has 0 amide bonds. The van der Waals surface area contributed by atoms with E-state index < -0.39 is 8.07 Å². The molecule has 6 rings (SSSR count). The van der Waals surface area contributed by atoms with Gasteiger partial charge in [0, 0.05) is 22.7 Å². The fourth-order valence-electron chi connectivity index (χ4n) is 5.36. The summed E-state index contributed by atoms with van der Waals surface area (Å²) < 4.78 is 0. The third-order valence-corrected chi connectivity index (χ3v) is 11.0. The van der Waals surface area contributed by atoms with Gasteiger partial charge in [0.2, 0.25) is 0 Å². The molecule has 0 fully saturated rings. The number of fused-ring (bicyclic) bond motifs is 2. The Hall–Kier alpha value is -3.79. The molecule has 36 heavy (non-hydrogen) atoms. The molecule has 1 aliphatic heterocycles. The van der Waals surface area contributed by atoms with E-state index in [2.05, 4.69) is 138 Å². The highest BCUT2D eigenvalue weighted by molar-refractivity contribution is 7.02. The van der Waals surface area contributed by atoms with Crippen LogP contribution < -0.4 is 20.2 Å². The van der Waals surface area contributed by atoms with E-state index in [-0.39, 0.29) is 0 Å². The zero-order chi connectivity index (χ0) is 24.7. The molecule has 5 aromatic rings. The van der Waals surface area contributed by atoms with Crippen molar-refractivity contribution in [3.63, 3.8) is 0 Å². The second-order valence-corrected chi connectivity index (χ2v) is 14.3. The molecule has 2 nitrogen and oxygen atoms in total. The first-order chi connectivity index (χ1) is 17.6. The van der Waals surface area contributed by atoms with Crippen molar-refractivity contribution in [2.24, 2.45) is 0 Å². The van der Waals surface area contributed by atoms with Gasteiger partial charge in [-0.1, -0.05) is 104 Å². The fraction of sp³-hybridized carbons (Fsp3) is 0.0625. The summed E-state index contributed by atoms with van der Waals surface area (Å²) >= 11 is 7.37. The van der Waals surface area contributed by atoms with E-state index in [0.29, 0.717) is 0 Å². The summed E-state index contributed by atoms with van der Waals surface area (Å²) in [6.45, 7) is 4.87. The lowest BCUT2D eigenvalue weighted by Gasteiger charge is -2.41. The maximum Gasteiger partial charge on any atom is 0.117 e. The van der Waals surface area contributed by atoms with Gasteiger partial charge in [0.1, 0.15) is 8.07 Å². The molecular weight excluding hydrogens is 476 g/mol. The van der Waals surface area contributed by atoms with Crippen LogP contribution >= 0.6 is 11.6 Å². The van der Waals surface area contributed by atoms with E-state index >= 15 is 0 Å². The van der Waals surface area contributed by atoms with Crippen LogP contribution in [-0.2, 0) is 0 Å². The van der Waals surface area contributed by atoms with Crippen molar-refractivity contribution in [1.29, 1.82) is 0 Å². The summed E-state index contributed by atoms with van der Waals surface area (Å²) in [5.41, 5.74) is 6.50. The van der Waals surface area contributed by atoms with Gasteiger partial charge < -0.3 is 9.80 Å². The number of halogens is 1. The second kappa shape index (κ2) is 9.01. The summed E-state index contributed by atoms with van der Waals surface area (Å²) in [5.74, 6) is 0. The van der Waals surface area contributed by atoms with Crippen molar-refractivity contribution in [1.82, 2.24) is 0 Å². The summed E-state index contributed by atoms with van der Waals surface area (Å²) in [4.78, 5) is 4.58. The van der Waals surface area contributed by atoms with E-state index in [9.17, 15) is 0 Å². The molecule has 0 saturated heterocycles. The van der Waals surface area contributed by atoms with Crippen LogP contribution in [0.2, 0.25) is 18.1 Å². The molecule has 0 atom stereocenters. The van der Waals surface area contributed by atoms with Crippen molar-refractivity contribution in [3.8, 4) is 0 Å². The van der Waals surface area contributed by atoms with Gasteiger partial charge in [-0.25, -0.2) is 0 Å². The number of rotatable bonds is 4. The average molecular weight is 503 g/mol. The van der Waals surface area contributed by atoms with E-state index in [1.165, 1.54) is 21.7 Å². The van der Waals surface area contributed by atoms with Gasteiger partial charge in [-0.05, 0) is 58.9 Å². The SMILES string of the molecule is C[Si]1(C)c2ccccc2N(c2cccc(N(c3ccccc3)c3ccccc3)c2Cl)c2ccccc21. The zero-order valence-electron chi connectivity index (χ0n) is 20.4. The highest BCUT2D eigenvalue weighted by Crippen LogP contribution is 2.47.